The van der Waals surface area contributed by atoms with Crippen molar-refractivity contribution in [2.24, 2.45) is 0 Å². The van der Waals surface area contributed by atoms with Crippen molar-refractivity contribution in [3.05, 3.63) is 12.3 Å². The molecular weight excluding hydrogens is 107 g/mol. The lowest BCUT2D eigenvalue weighted by molar-refractivity contribution is -0.0930. The summed E-state index contributed by atoms with van der Waals surface area (Å²) in [4.78, 5) is 0. The molecule has 0 amide bonds. The first-order valence-electron chi connectivity index (χ1n) is 1.42. The molecule has 0 saturated carbocycles. The second-order valence-corrected chi connectivity index (χ2v) is 0.976. The maximum Gasteiger partial charge on any atom is 0.432 e. The molecular formula is C3H3F3N. The average Bonchev–Trinajstić information content (AvgIpc) is 1.31. The molecule has 0 aliphatic rings. The number of rotatable bonds is 0. The first-order chi connectivity index (χ1) is 2.94. The third-order valence-electron chi connectivity index (χ3n) is 0.342. The topological polar surface area (TPSA) is 23.8 Å². The van der Waals surface area contributed by atoms with Gasteiger partial charge in [-0.3, -0.25) is 5.73 Å². The van der Waals surface area contributed by atoms with Gasteiger partial charge < -0.3 is 0 Å². The molecule has 0 unspecified atom stereocenters. The van der Waals surface area contributed by atoms with Gasteiger partial charge in [0.15, 0.2) is 0 Å². The molecule has 0 rings (SSSR count). The lowest BCUT2D eigenvalue weighted by Crippen LogP contribution is -2.10. The molecule has 41 valence electrons. The average molecular weight is 110 g/mol. The summed E-state index contributed by atoms with van der Waals surface area (Å²) >= 11 is 0. The Morgan fingerprint density at radius 3 is 1.57 bits per heavy atom. The Kier molecular flexibility index (Phi) is 1.30. The van der Waals surface area contributed by atoms with Crippen LogP contribution < -0.4 is 5.73 Å². The minimum Gasteiger partial charge on any atom is -0.297 e. The van der Waals surface area contributed by atoms with E-state index in [4.69, 9.17) is 5.73 Å². The summed E-state index contributed by atoms with van der Waals surface area (Å²) < 4.78 is 32.7. The maximum absolute atomic E-state index is 10.9. The highest BCUT2D eigenvalue weighted by atomic mass is 19.4. The molecule has 7 heavy (non-hydrogen) atoms. The number of allylic oxidation sites excluding steroid dienone is 1. The quantitative estimate of drug-likeness (QED) is 0.449. The Morgan fingerprint density at radius 1 is 1.43 bits per heavy atom. The standard InChI is InChI=1S/C3H3F3N/c1-2(7)3(4,5)6/h7H,1H2. The van der Waals surface area contributed by atoms with Crippen molar-refractivity contribution in [3.63, 3.8) is 0 Å². The molecule has 0 heterocycles. The molecule has 0 bridgehead atoms. The van der Waals surface area contributed by atoms with Crippen LogP contribution in [-0.2, 0) is 0 Å². The summed E-state index contributed by atoms with van der Waals surface area (Å²) in [6, 6.07) is 0. The fraction of sp³-hybridized carbons (Fsp3) is 0.333. The van der Waals surface area contributed by atoms with Crippen LogP contribution in [-0.4, -0.2) is 6.18 Å². The Bertz CT molecular complexity index is 82.7. The Labute approximate surface area is 38.6 Å². The molecule has 0 aromatic rings. The summed E-state index contributed by atoms with van der Waals surface area (Å²) in [5.41, 5.74) is 4.40. The molecule has 1 nitrogen and oxygen atoms in total. The van der Waals surface area contributed by atoms with Crippen molar-refractivity contribution in [2.75, 3.05) is 0 Å². The van der Waals surface area contributed by atoms with E-state index in [0.717, 1.165) is 0 Å². The monoisotopic (exact) mass is 110 g/mol. The summed E-state index contributed by atoms with van der Waals surface area (Å²) in [5.74, 6) is 0. The zero-order chi connectivity index (χ0) is 6.08. The lowest BCUT2D eigenvalue weighted by atomic mass is 10.5. The Balaban J connectivity index is 3.79. The molecule has 0 saturated heterocycles. The second-order valence-electron chi connectivity index (χ2n) is 0.976. The molecule has 1 N–H and O–H groups in total. The first kappa shape index (κ1) is 6.33. The number of nitrogens with one attached hydrogen (secondary N) is 1. The third-order valence-corrected chi connectivity index (χ3v) is 0.342. The predicted molar refractivity (Wildman–Crippen MR) is 18.3 cm³/mol. The van der Waals surface area contributed by atoms with Crippen molar-refractivity contribution in [1.29, 1.82) is 0 Å². The zero-order valence-electron chi connectivity index (χ0n) is 3.34. The van der Waals surface area contributed by atoms with Crippen LogP contribution in [0.3, 0.4) is 0 Å². The molecule has 0 fully saturated rings. The van der Waals surface area contributed by atoms with E-state index < -0.39 is 11.9 Å². The summed E-state index contributed by atoms with van der Waals surface area (Å²) in [5, 5.41) is 0. The molecule has 0 aliphatic carbocycles. The van der Waals surface area contributed by atoms with E-state index in [1.807, 2.05) is 0 Å². The Hall–Kier alpha value is -0.670. The van der Waals surface area contributed by atoms with Gasteiger partial charge in [0.05, 0.1) is 0 Å². The van der Waals surface area contributed by atoms with E-state index in [1.165, 1.54) is 0 Å². The fourth-order valence-electron chi connectivity index (χ4n) is 0. The van der Waals surface area contributed by atoms with E-state index in [2.05, 4.69) is 6.58 Å². The van der Waals surface area contributed by atoms with Crippen molar-refractivity contribution >= 4 is 0 Å². The molecule has 0 aromatic carbocycles. The van der Waals surface area contributed by atoms with Gasteiger partial charge in [0.2, 0.25) is 0 Å². The fourth-order valence-corrected chi connectivity index (χ4v) is 0. The van der Waals surface area contributed by atoms with E-state index in [1.54, 1.807) is 0 Å². The summed E-state index contributed by atoms with van der Waals surface area (Å²) in [6.07, 6.45) is -4.53. The van der Waals surface area contributed by atoms with Gasteiger partial charge in [-0.2, -0.15) is 13.2 Å². The van der Waals surface area contributed by atoms with Crippen molar-refractivity contribution < 1.29 is 13.2 Å². The third kappa shape index (κ3) is 2.08. The molecule has 0 spiro atoms. The molecule has 1 radical (unpaired) electrons. The van der Waals surface area contributed by atoms with Gasteiger partial charge in [-0.05, 0) is 0 Å². The van der Waals surface area contributed by atoms with Crippen LogP contribution >= 0.6 is 0 Å². The first-order valence-corrected chi connectivity index (χ1v) is 1.42. The van der Waals surface area contributed by atoms with E-state index in [0.29, 0.717) is 0 Å². The van der Waals surface area contributed by atoms with Gasteiger partial charge in [0, 0.05) is 0 Å². The SMILES string of the molecule is C=C([NH])C(F)(F)F. The summed E-state index contributed by atoms with van der Waals surface area (Å²) in [6.45, 7) is 2.37. The van der Waals surface area contributed by atoms with Crippen molar-refractivity contribution in [1.82, 2.24) is 5.73 Å². The zero-order valence-corrected chi connectivity index (χ0v) is 3.34. The van der Waals surface area contributed by atoms with Crippen LogP contribution in [0, 0.1) is 0 Å². The number of hydrogen-bond donors (Lipinski definition) is 0. The molecule has 0 atom stereocenters. The van der Waals surface area contributed by atoms with Gasteiger partial charge in [-0.1, -0.05) is 6.58 Å². The van der Waals surface area contributed by atoms with E-state index in [9.17, 15) is 13.2 Å². The number of alkyl halides is 3. The van der Waals surface area contributed by atoms with E-state index >= 15 is 0 Å². The van der Waals surface area contributed by atoms with Crippen LogP contribution in [0.1, 0.15) is 0 Å². The predicted octanol–water partition coefficient (Wildman–Crippen LogP) is 1.35. The van der Waals surface area contributed by atoms with Crippen LogP contribution in [0.2, 0.25) is 0 Å². The maximum atomic E-state index is 10.9. The van der Waals surface area contributed by atoms with Gasteiger partial charge in [-0.25, -0.2) is 0 Å². The van der Waals surface area contributed by atoms with Gasteiger partial charge in [0.25, 0.3) is 0 Å². The van der Waals surface area contributed by atoms with Gasteiger partial charge in [0.1, 0.15) is 5.70 Å². The molecule has 0 aromatic heterocycles. The van der Waals surface area contributed by atoms with Crippen LogP contribution in [0.15, 0.2) is 12.3 Å². The van der Waals surface area contributed by atoms with Crippen LogP contribution in [0.4, 0.5) is 13.2 Å². The number of halogens is 3. The van der Waals surface area contributed by atoms with Crippen molar-refractivity contribution in [2.45, 2.75) is 6.18 Å². The molecule has 4 heteroatoms. The largest absolute Gasteiger partial charge is 0.432 e. The highest BCUT2D eigenvalue weighted by molar-refractivity contribution is 4.93. The summed E-state index contributed by atoms with van der Waals surface area (Å²) in [7, 11) is 0. The van der Waals surface area contributed by atoms with Gasteiger partial charge >= 0.3 is 6.18 Å². The number of hydrogen-bond acceptors (Lipinski definition) is 0. The highest BCUT2D eigenvalue weighted by Crippen LogP contribution is 2.20. The Morgan fingerprint density at radius 2 is 1.57 bits per heavy atom. The van der Waals surface area contributed by atoms with E-state index in [-0.39, 0.29) is 0 Å². The molecule has 0 aliphatic heterocycles. The minimum absolute atomic E-state index is 1.51. The normalized spacial score (nSPS) is 11.3. The lowest BCUT2D eigenvalue weighted by Gasteiger charge is -1.99. The second kappa shape index (κ2) is 1.44. The minimum atomic E-state index is -4.53. The van der Waals surface area contributed by atoms with Crippen LogP contribution in [0.25, 0.3) is 0 Å². The van der Waals surface area contributed by atoms with Gasteiger partial charge in [-0.15, -0.1) is 0 Å². The highest BCUT2D eigenvalue weighted by Gasteiger charge is 2.29. The smallest absolute Gasteiger partial charge is 0.297 e. The van der Waals surface area contributed by atoms with Crippen LogP contribution in [0.5, 0.6) is 0 Å². The van der Waals surface area contributed by atoms with Crippen molar-refractivity contribution in [3.8, 4) is 0 Å².